The molecule has 0 fully saturated rings. The number of rotatable bonds is 4. The minimum Gasteiger partial charge on any atom is -0.350 e. The molecule has 0 aliphatic heterocycles. The fourth-order valence-electron chi connectivity index (χ4n) is 2.18. The van der Waals surface area contributed by atoms with Gasteiger partial charge in [0.2, 0.25) is 0 Å². The minimum atomic E-state index is -0.0630. The molecular weight excluding hydrogens is 330 g/mol. The van der Waals surface area contributed by atoms with Crippen LogP contribution in [0.15, 0.2) is 59.3 Å². The average molecular weight is 344 g/mol. The standard InChI is InChI=1S/C16H14BrN3O/c17-15-10-19-20(11-15)8-7-18-16(21)14-6-5-12-3-1-2-4-13(12)9-14/h1-6,9-11H,7-8H2,(H,18,21). The molecule has 0 atom stereocenters. The van der Waals surface area contributed by atoms with Crippen LogP contribution in [0.1, 0.15) is 10.4 Å². The molecule has 0 unspecified atom stereocenters. The first-order valence-corrected chi connectivity index (χ1v) is 7.47. The molecule has 4 nitrogen and oxygen atoms in total. The summed E-state index contributed by atoms with van der Waals surface area (Å²) in [7, 11) is 0. The van der Waals surface area contributed by atoms with E-state index in [4.69, 9.17) is 0 Å². The van der Waals surface area contributed by atoms with E-state index in [9.17, 15) is 4.79 Å². The largest absolute Gasteiger partial charge is 0.350 e. The minimum absolute atomic E-state index is 0.0630. The Labute approximate surface area is 130 Å². The van der Waals surface area contributed by atoms with Crippen LogP contribution in [0, 0.1) is 0 Å². The zero-order valence-corrected chi connectivity index (χ0v) is 12.9. The molecular formula is C16H14BrN3O. The first-order valence-electron chi connectivity index (χ1n) is 6.67. The predicted molar refractivity (Wildman–Crippen MR) is 86.2 cm³/mol. The van der Waals surface area contributed by atoms with E-state index in [0.29, 0.717) is 18.7 Å². The zero-order chi connectivity index (χ0) is 14.7. The molecule has 0 bridgehead atoms. The summed E-state index contributed by atoms with van der Waals surface area (Å²) in [4.78, 5) is 12.1. The molecule has 1 aromatic heterocycles. The summed E-state index contributed by atoms with van der Waals surface area (Å²) in [5.41, 5.74) is 0.676. The summed E-state index contributed by atoms with van der Waals surface area (Å²) >= 11 is 3.34. The Morgan fingerprint density at radius 1 is 1.19 bits per heavy atom. The molecule has 5 heteroatoms. The van der Waals surface area contributed by atoms with Gasteiger partial charge in [0.05, 0.1) is 17.2 Å². The van der Waals surface area contributed by atoms with E-state index in [-0.39, 0.29) is 5.91 Å². The number of nitrogens with zero attached hydrogens (tertiary/aromatic N) is 2. The van der Waals surface area contributed by atoms with E-state index in [1.807, 2.05) is 48.7 Å². The topological polar surface area (TPSA) is 46.9 Å². The van der Waals surface area contributed by atoms with E-state index >= 15 is 0 Å². The van der Waals surface area contributed by atoms with Crippen molar-refractivity contribution in [2.75, 3.05) is 6.54 Å². The molecule has 1 N–H and O–H groups in total. The van der Waals surface area contributed by atoms with Crippen LogP contribution in [0.5, 0.6) is 0 Å². The van der Waals surface area contributed by atoms with Gasteiger partial charge in [-0.05, 0) is 38.8 Å². The highest BCUT2D eigenvalue weighted by Gasteiger charge is 2.05. The number of carbonyl (C=O) groups excluding carboxylic acids is 1. The van der Waals surface area contributed by atoms with Crippen molar-refractivity contribution in [3.05, 3.63) is 64.9 Å². The third kappa shape index (κ3) is 3.31. The Hall–Kier alpha value is -2.14. The van der Waals surface area contributed by atoms with Crippen molar-refractivity contribution < 1.29 is 4.79 Å². The lowest BCUT2D eigenvalue weighted by Crippen LogP contribution is -2.27. The van der Waals surface area contributed by atoms with E-state index in [2.05, 4.69) is 26.3 Å². The Kier molecular flexibility index (Phi) is 4.01. The maximum absolute atomic E-state index is 12.1. The van der Waals surface area contributed by atoms with Crippen LogP contribution in [0.3, 0.4) is 0 Å². The van der Waals surface area contributed by atoms with Gasteiger partial charge in [-0.15, -0.1) is 0 Å². The number of carbonyl (C=O) groups is 1. The highest BCUT2D eigenvalue weighted by Crippen LogP contribution is 2.15. The van der Waals surface area contributed by atoms with Crippen LogP contribution >= 0.6 is 15.9 Å². The number of benzene rings is 2. The van der Waals surface area contributed by atoms with Crippen molar-refractivity contribution >= 4 is 32.6 Å². The Morgan fingerprint density at radius 2 is 2.00 bits per heavy atom. The van der Waals surface area contributed by atoms with E-state index in [1.165, 1.54) is 0 Å². The van der Waals surface area contributed by atoms with Crippen molar-refractivity contribution in [2.24, 2.45) is 0 Å². The van der Waals surface area contributed by atoms with Gasteiger partial charge in [0, 0.05) is 18.3 Å². The molecule has 1 heterocycles. The fourth-order valence-corrected chi connectivity index (χ4v) is 2.51. The van der Waals surface area contributed by atoms with Crippen LogP contribution in [0.2, 0.25) is 0 Å². The molecule has 2 aromatic carbocycles. The zero-order valence-electron chi connectivity index (χ0n) is 11.3. The van der Waals surface area contributed by atoms with Crippen molar-refractivity contribution in [2.45, 2.75) is 6.54 Å². The van der Waals surface area contributed by atoms with E-state index in [0.717, 1.165) is 15.2 Å². The van der Waals surface area contributed by atoms with Crippen LogP contribution in [-0.4, -0.2) is 22.2 Å². The van der Waals surface area contributed by atoms with Gasteiger partial charge in [0.25, 0.3) is 5.91 Å². The van der Waals surface area contributed by atoms with Crippen molar-refractivity contribution in [1.82, 2.24) is 15.1 Å². The van der Waals surface area contributed by atoms with Gasteiger partial charge in [-0.3, -0.25) is 9.48 Å². The van der Waals surface area contributed by atoms with Crippen molar-refractivity contribution in [1.29, 1.82) is 0 Å². The number of amides is 1. The summed E-state index contributed by atoms with van der Waals surface area (Å²) in [5, 5.41) is 9.26. The maximum atomic E-state index is 12.1. The van der Waals surface area contributed by atoms with Crippen LogP contribution < -0.4 is 5.32 Å². The number of halogens is 1. The second-order valence-electron chi connectivity index (χ2n) is 4.74. The van der Waals surface area contributed by atoms with Gasteiger partial charge >= 0.3 is 0 Å². The summed E-state index contributed by atoms with van der Waals surface area (Å²) in [5.74, 6) is -0.0630. The Morgan fingerprint density at radius 3 is 2.76 bits per heavy atom. The summed E-state index contributed by atoms with van der Waals surface area (Å²) < 4.78 is 2.72. The number of aromatic nitrogens is 2. The molecule has 0 radical (unpaired) electrons. The SMILES string of the molecule is O=C(NCCn1cc(Br)cn1)c1ccc2ccccc2c1. The number of hydrogen-bond acceptors (Lipinski definition) is 2. The van der Waals surface area contributed by atoms with Crippen molar-refractivity contribution in [3.8, 4) is 0 Å². The lowest BCUT2D eigenvalue weighted by molar-refractivity contribution is 0.0952. The molecule has 1 amide bonds. The Balaban J connectivity index is 1.63. The van der Waals surface area contributed by atoms with Crippen molar-refractivity contribution in [3.63, 3.8) is 0 Å². The first kappa shape index (κ1) is 13.8. The predicted octanol–water partition coefficient (Wildman–Crippen LogP) is 3.23. The molecule has 0 aliphatic carbocycles. The molecule has 3 aromatic rings. The van der Waals surface area contributed by atoms with Gasteiger partial charge in [0.1, 0.15) is 0 Å². The van der Waals surface area contributed by atoms with Gasteiger partial charge < -0.3 is 5.32 Å². The smallest absolute Gasteiger partial charge is 0.251 e. The van der Waals surface area contributed by atoms with Crippen LogP contribution in [-0.2, 0) is 6.54 Å². The van der Waals surface area contributed by atoms with E-state index < -0.39 is 0 Å². The first-order chi connectivity index (χ1) is 10.2. The quantitative estimate of drug-likeness (QED) is 0.790. The van der Waals surface area contributed by atoms with Gasteiger partial charge in [-0.25, -0.2) is 0 Å². The summed E-state index contributed by atoms with van der Waals surface area (Å²) in [6, 6.07) is 13.7. The van der Waals surface area contributed by atoms with Gasteiger partial charge in [0.15, 0.2) is 0 Å². The number of hydrogen-bond donors (Lipinski definition) is 1. The number of nitrogens with one attached hydrogen (secondary N) is 1. The second kappa shape index (κ2) is 6.10. The summed E-state index contributed by atoms with van der Waals surface area (Å²) in [6.45, 7) is 1.19. The normalized spacial score (nSPS) is 10.7. The third-order valence-electron chi connectivity index (χ3n) is 3.24. The molecule has 0 spiro atoms. The highest BCUT2D eigenvalue weighted by atomic mass is 79.9. The van der Waals surface area contributed by atoms with E-state index in [1.54, 1.807) is 10.9 Å². The third-order valence-corrected chi connectivity index (χ3v) is 3.65. The molecule has 0 saturated heterocycles. The van der Waals surface area contributed by atoms with Gasteiger partial charge in [-0.2, -0.15) is 5.10 Å². The molecule has 106 valence electrons. The summed E-state index contributed by atoms with van der Waals surface area (Å²) in [6.07, 6.45) is 3.60. The van der Waals surface area contributed by atoms with Crippen LogP contribution in [0.4, 0.5) is 0 Å². The van der Waals surface area contributed by atoms with Crippen LogP contribution in [0.25, 0.3) is 10.8 Å². The lowest BCUT2D eigenvalue weighted by Gasteiger charge is -2.06. The Bertz CT molecular complexity index is 782. The highest BCUT2D eigenvalue weighted by molar-refractivity contribution is 9.10. The molecule has 3 rings (SSSR count). The lowest BCUT2D eigenvalue weighted by atomic mass is 10.1. The monoisotopic (exact) mass is 343 g/mol. The average Bonchev–Trinajstić information content (AvgIpc) is 2.92. The second-order valence-corrected chi connectivity index (χ2v) is 5.66. The number of fused-ring (bicyclic) bond motifs is 1. The fraction of sp³-hybridized carbons (Fsp3) is 0.125. The van der Waals surface area contributed by atoms with Gasteiger partial charge in [-0.1, -0.05) is 30.3 Å². The molecule has 0 aliphatic rings. The maximum Gasteiger partial charge on any atom is 0.251 e. The molecule has 21 heavy (non-hydrogen) atoms. The molecule has 0 saturated carbocycles.